The van der Waals surface area contributed by atoms with Gasteiger partial charge in [0.1, 0.15) is 22.4 Å². The van der Waals surface area contributed by atoms with Crippen molar-refractivity contribution < 1.29 is 19.1 Å². The predicted molar refractivity (Wildman–Crippen MR) is 131 cm³/mol. The van der Waals surface area contributed by atoms with Gasteiger partial charge >= 0.3 is 5.97 Å². The number of aromatic amines is 1. The Kier molecular flexibility index (Phi) is 6.66. The smallest absolute Gasteiger partial charge is 0.312 e. The molecule has 0 saturated heterocycles. The van der Waals surface area contributed by atoms with Crippen molar-refractivity contribution in [3.05, 3.63) is 52.6 Å². The number of fused-ring (bicyclic) bond motifs is 2. The average Bonchev–Trinajstić information content (AvgIpc) is 3.39. The zero-order valence-electron chi connectivity index (χ0n) is 20.2. The van der Waals surface area contributed by atoms with Crippen molar-refractivity contribution in [3.8, 4) is 5.75 Å². The molecule has 0 aliphatic rings. The fraction of sp³-hybridized carbons (Fsp3) is 0.375. The molecule has 3 aromatic heterocycles. The van der Waals surface area contributed by atoms with Gasteiger partial charge in [-0.05, 0) is 46.8 Å². The molecule has 10 nitrogen and oxygen atoms in total. The maximum atomic E-state index is 13.5. The molecule has 4 rings (SSSR count). The van der Waals surface area contributed by atoms with Gasteiger partial charge in [-0.15, -0.1) is 0 Å². The first-order valence-corrected chi connectivity index (χ1v) is 11.6. The van der Waals surface area contributed by atoms with Crippen molar-refractivity contribution in [2.24, 2.45) is 0 Å². The molecule has 0 aliphatic carbocycles. The standard InChI is InChI=1S/C24H27ClN6O4/c1-6-34-21-14(10-16(25)15-12-27-29-20(15)21)13(2)28-23(33)19-17(11-18(32)35-24(3,4)5)30-31-9-7-8-26-22(19)31/h7-10,12-13H,6,11H2,1-5H3,(H,27,29)(H,28,33). The lowest BCUT2D eigenvalue weighted by molar-refractivity contribution is -0.154. The third-order valence-electron chi connectivity index (χ3n) is 5.20. The summed E-state index contributed by atoms with van der Waals surface area (Å²) in [7, 11) is 0. The molecule has 0 radical (unpaired) electrons. The lowest BCUT2D eigenvalue weighted by Crippen LogP contribution is -2.29. The van der Waals surface area contributed by atoms with Gasteiger partial charge in [-0.3, -0.25) is 14.7 Å². The summed E-state index contributed by atoms with van der Waals surface area (Å²) in [6.45, 7) is 9.45. The van der Waals surface area contributed by atoms with Crippen molar-refractivity contribution in [1.29, 1.82) is 0 Å². The van der Waals surface area contributed by atoms with Crippen LogP contribution in [-0.2, 0) is 16.0 Å². The highest BCUT2D eigenvalue weighted by Crippen LogP contribution is 2.37. The van der Waals surface area contributed by atoms with Gasteiger partial charge in [0.2, 0.25) is 0 Å². The molecular weight excluding hydrogens is 472 g/mol. The molecule has 1 amide bonds. The maximum Gasteiger partial charge on any atom is 0.312 e. The zero-order chi connectivity index (χ0) is 25.3. The number of hydrogen-bond acceptors (Lipinski definition) is 7. The Labute approximate surface area is 207 Å². The molecule has 1 aromatic carbocycles. The fourth-order valence-corrected chi connectivity index (χ4v) is 4.10. The number of hydrogen-bond donors (Lipinski definition) is 2. The summed E-state index contributed by atoms with van der Waals surface area (Å²) in [4.78, 5) is 30.3. The summed E-state index contributed by atoms with van der Waals surface area (Å²) < 4.78 is 12.8. The highest BCUT2D eigenvalue weighted by Gasteiger charge is 2.27. The van der Waals surface area contributed by atoms with Gasteiger partial charge in [-0.2, -0.15) is 10.2 Å². The van der Waals surface area contributed by atoms with Crippen LogP contribution in [0.15, 0.2) is 30.7 Å². The molecule has 0 bridgehead atoms. The SMILES string of the molecule is CCOc1c(C(C)NC(=O)c2c(CC(=O)OC(C)(C)C)nn3cccnc23)cc(Cl)c2cn[nH]c12. The molecule has 184 valence electrons. The molecule has 3 heterocycles. The summed E-state index contributed by atoms with van der Waals surface area (Å²) in [6, 6.07) is 2.95. The maximum absolute atomic E-state index is 13.5. The minimum Gasteiger partial charge on any atom is -0.491 e. The number of halogens is 1. The number of aromatic nitrogens is 5. The van der Waals surface area contributed by atoms with Gasteiger partial charge < -0.3 is 14.8 Å². The van der Waals surface area contributed by atoms with Crippen LogP contribution in [0.3, 0.4) is 0 Å². The van der Waals surface area contributed by atoms with Crippen LogP contribution in [-0.4, -0.2) is 48.9 Å². The minimum absolute atomic E-state index is 0.173. The lowest BCUT2D eigenvalue weighted by Gasteiger charge is -2.20. The Balaban J connectivity index is 1.69. The van der Waals surface area contributed by atoms with Gasteiger partial charge in [0.25, 0.3) is 5.91 Å². The van der Waals surface area contributed by atoms with Gasteiger partial charge in [0, 0.05) is 23.3 Å². The molecule has 1 unspecified atom stereocenters. The molecule has 35 heavy (non-hydrogen) atoms. The molecule has 4 aromatic rings. The monoisotopic (exact) mass is 498 g/mol. The van der Waals surface area contributed by atoms with Gasteiger partial charge in [-0.1, -0.05) is 11.6 Å². The fourth-order valence-electron chi connectivity index (χ4n) is 3.84. The number of ether oxygens (including phenoxy) is 2. The quantitative estimate of drug-likeness (QED) is 0.368. The number of carbonyl (C=O) groups excluding carboxylic acids is 2. The number of benzene rings is 1. The van der Waals surface area contributed by atoms with E-state index in [0.29, 0.717) is 34.1 Å². The van der Waals surface area contributed by atoms with Crippen LogP contribution < -0.4 is 10.1 Å². The third kappa shape index (κ3) is 5.07. The summed E-state index contributed by atoms with van der Waals surface area (Å²) in [5, 5.41) is 15.6. The molecule has 0 aliphatic heterocycles. The number of amides is 1. The van der Waals surface area contributed by atoms with Crippen LogP contribution in [0.2, 0.25) is 5.02 Å². The normalized spacial score (nSPS) is 12.6. The highest BCUT2D eigenvalue weighted by molar-refractivity contribution is 6.35. The van der Waals surface area contributed by atoms with E-state index < -0.39 is 23.5 Å². The summed E-state index contributed by atoms with van der Waals surface area (Å²) in [5.74, 6) is -0.365. The van der Waals surface area contributed by atoms with E-state index in [4.69, 9.17) is 21.1 Å². The molecule has 0 fully saturated rings. The zero-order valence-corrected chi connectivity index (χ0v) is 20.9. The second-order valence-electron chi connectivity index (χ2n) is 9.04. The molecule has 2 N–H and O–H groups in total. The van der Waals surface area contributed by atoms with E-state index in [9.17, 15) is 9.59 Å². The van der Waals surface area contributed by atoms with E-state index in [0.717, 1.165) is 5.39 Å². The van der Waals surface area contributed by atoms with E-state index in [1.165, 1.54) is 4.52 Å². The van der Waals surface area contributed by atoms with Gasteiger partial charge in [0.05, 0.1) is 36.0 Å². The largest absolute Gasteiger partial charge is 0.491 e. The first-order valence-electron chi connectivity index (χ1n) is 11.2. The van der Waals surface area contributed by atoms with E-state index in [2.05, 4.69) is 25.6 Å². The van der Waals surface area contributed by atoms with E-state index in [1.54, 1.807) is 51.5 Å². The number of H-pyrrole nitrogens is 1. The Morgan fingerprint density at radius 1 is 1.31 bits per heavy atom. The molecule has 0 saturated carbocycles. The second-order valence-corrected chi connectivity index (χ2v) is 9.44. The molecule has 1 atom stereocenters. The van der Waals surface area contributed by atoms with E-state index in [1.807, 2.05) is 13.8 Å². The van der Waals surface area contributed by atoms with Gasteiger partial charge in [-0.25, -0.2) is 9.50 Å². The van der Waals surface area contributed by atoms with Crippen LogP contribution >= 0.6 is 11.6 Å². The molecule has 11 heteroatoms. The summed E-state index contributed by atoms with van der Waals surface area (Å²) in [5.41, 5.74) is 1.48. The number of rotatable bonds is 7. The van der Waals surface area contributed by atoms with Crippen molar-refractivity contribution in [3.63, 3.8) is 0 Å². The molecule has 0 spiro atoms. The van der Waals surface area contributed by atoms with E-state index in [-0.39, 0.29) is 17.7 Å². The first-order chi connectivity index (χ1) is 16.6. The number of nitrogens with zero attached hydrogens (tertiary/aromatic N) is 4. The first kappa shape index (κ1) is 24.5. The van der Waals surface area contributed by atoms with Crippen molar-refractivity contribution >= 4 is 40.0 Å². The summed E-state index contributed by atoms with van der Waals surface area (Å²) in [6.07, 6.45) is 4.68. The topological polar surface area (TPSA) is 124 Å². The van der Waals surface area contributed by atoms with Crippen molar-refractivity contribution in [2.75, 3.05) is 6.61 Å². The lowest BCUT2D eigenvalue weighted by atomic mass is 10.0. The van der Waals surface area contributed by atoms with Crippen LogP contribution in [0.25, 0.3) is 16.6 Å². The highest BCUT2D eigenvalue weighted by atomic mass is 35.5. The second kappa shape index (κ2) is 9.53. The van der Waals surface area contributed by atoms with Crippen molar-refractivity contribution in [2.45, 2.75) is 52.7 Å². The number of esters is 1. The Morgan fingerprint density at radius 2 is 2.09 bits per heavy atom. The molecular formula is C24H27ClN6O4. The van der Waals surface area contributed by atoms with Crippen molar-refractivity contribution in [1.82, 2.24) is 30.1 Å². The van der Waals surface area contributed by atoms with Crippen LogP contribution in [0.5, 0.6) is 5.75 Å². The van der Waals surface area contributed by atoms with E-state index >= 15 is 0 Å². The van der Waals surface area contributed by atoms with Crippen LogP contribution in [0.4, 0.5) is 0 Å². The average molecular weight is 499 g/mol. The Hall–Kier alpha value is -3.66. The van der Waals surface area contributed by atoms with Crippen LogP contribution in [0, 0.1) is 0 Å². The van der Waals surface area contributed by atoms with Crippen LogP contribution in [0.1, 0.15) is 62.3 Å². The Morgan fingerprint density at radius 3 is 2.80 bits per heavy atom. The number of carbonyl (C=O) groups is 2. The predicted octanol–water partition coefficient (Wildman–Crippen LogP) is 4.03. The summed E-state index contributed by atoms with van der Waals surface area (Å²) >= 11 is 6.47. The number of nitrogens with one attached hydrogen (secondary N) is 2. The third-order valence-corrected chi connectivity index (χ3v) is 5.51. The van der Waals surface area contributed by atoms with Gasteiger partial charge in [0.15, 0.2) is 5.65 Å². The minimum atomic E-state index is -0.661. The Bertz CT molecular complexity index is 1400.